The predicted octanol–water partition coefficient (Wildman–Crippen LogP) is 4.67. The van der Waals surface area contributed by atoms with Crippen LogP contribution in [0.1, 0.15) is 74.6 Å². The van der Waals surface area contributed by atoms with Gasteiger partial charge in [0.2, 0.25) is 0 Å². The Morgan fingerprint density at radius 1 is 1.18 bits per heavy atom. The first-order chi connectivity index (χ1) is 18.5. The minimum Gasteiger partial charge on any atom is -0.425 e. The average Bonchev–Trinajstić information content (AvgIpc) is 3.76. The van der Waals surface area contributed by atoms with Crippen LogP contribution in [-0.4, -0.2) is 47.9 Å². The lowest BCUT2D eigenvalue weighted by molar-refractivity contribution is -0.139. The molecular weight excluding hydrogens is 535 g/mol. The molecule has 2 atom stereocenters. The van der Waals surface area contributed by atoms with Gasteiger partial charge in [-0.1, -0.05) is 12.1 Å². The van der Waals surface area contributed by atoms with Gasteiger partial charge in [0.1, 0.15) is 11.4 Å². The molecule has 1 saturated heterocycles. The fourth-order valence-electron chi connectivity index (χ4n) is 5.30. The Bertz CT molecular complexity index is 1440. The highest BCUT2D eigenvalue weighted by Crippen LogP contribution is 2.45. The number of nitrogens with zero attached hydrogens (tertiary/aromatic N) is 4. The zero-order valence-electron chi connectivity index (χ0n) is 21.0. The maximum Gasteiger partial charge on any atom is 0.417 e. The smallest absolute Gasteiger partial charge is 0.417 e. The van der Waals surface area contributed by atoms with Gasteiger partial charge in [-0.3, -0.25) is 0 Å². The second-order valence-corrected chi connectivity index (χ2v) is 13.2. The Kier molecular flexibility index (Phi) is 6.09. The third-order valence-corrected chi connectivity index (χ3v) is 10.3. The van der Waals surface area contributed by atoms with E-state index in [9.17, 15) is 31.6 Å². The van der Waals surface area contributed by atoms with Gasteiger partial charge in [0.25, 0.3) is 0 Å². The molecule has 0 radical (unpaired) electrons. The highest BCUT2D eigenvalue weighted by atomic mass is 32.2. The van der Waals surface area contributed by atoms with Crippen molar-refractivity contribution in [2.75, 3.05) is 11.4 Å². The summed E-state index contributed by atoms with van der Waals surface area (Å²) in [6, 6.07) is 8.20. The number of alkyl halides is 3. The summed E-state index contributed by atoms with van der Waals surface area (Å²) in [4.78, 5) is 13.6. The number of aromatic nitrogens is 2. The second kappa shape index (κ2) is 9.15. The van der Waals surface area contributed by atoms with E-state index in [1.54, 1.807) is 4.90 Å². The van der Waals surface area contributed by atoms with E-state index >= 15 is 0 Å². The maximum atomic E-state index is 13.7. The van der Waals surface area contributed by atoms with Gasteiger partial charge in [-0.15, -0.1) is 0 Å². The molecule has 1 aromatic heterocycles. The van der Waals surface area contributed by atoms with Crippen molar-refractivity contribution in [2.45, 2.75) is 91.4 Å². The molecule has 3 aliphatic carbocycles. The van der Waals surface area contributed by atoms with Crippen LogP contribution in [0.4, 0.5) is 23.8 Å². The molecule has 4 aliphatic rings. The number of sulfone groups is 1. The van der Waals surface area contributed by atoms with E-state index in [1.807, 2.05) is 16.8 Å². The third-order valence-electron chi connectivity index (χ3n) is 8.14. The minimum atomic E-state index is -4.85. The average molecular weight is 564 g/mol. The second-order valence-electron chi connectivity index (χ2n) is 11.0. The van der Waals surface area contributed by atoms with Gasteiger partial charge in [0, 0.05) is 24.9 Å². The highest BCUT2D eigenvalue weighted by molar-refractivity contribution is 7.92. The predicted molar refractivity (Wildman–Crippen MR) is 132 cm³/mol. The molecule has 4 fully saturated rings. The summed E-state index contributed by atoms with van der Waals surface area (Å²) < 4.78 is 76.1. The molecule has 1 aliphatic heterocycles. The Morgan fingerprint density at radius 2 is 1.90 bits per heavy atom. The summed E-state index contributed by atoms with van der Waals surface area (Å²) >= 11 is 0. The zero-order chi connectivity index (χ0) is 27.6. The van der Waals surface area contributed by atoms with Crippen LogP contribution in [0.2, 0.25) is 0 Å². The number of nitriles is 1. The molecule has 2 heterocycles. The number of benzene rings is 1. The normalized spacial score (nSPS) is 24.6. The summed E-state index contributed by atoms with van der Waals surface area (Å²) in [7, 11) is -4.47. The summed E-state index contributed by atoms with van der Waals surface area (Å²) in [5, 5.41) is 15.4. The summed E-state index contributed by atoms with van der Waals surface area (Å²) in [5.74, 6) is 0.918. The number of ether oxygens (including phenoxy) is 1. The number of nitrogens with one attached hydrogen (secondary N) is 1. The summed E-state index contributed by atoms with van der Waals surface area (Å²) in [6.07, 6.45) is -1.19. The molecule has 0 spiro atoms. The van der Waals surface area contributed by atoms with Gasteiger partial charge in [-0.2, -0.15) is 23.5 Å². The Hall–Kier alpha value is -3.27. The third kappa shape index (κ3) is 4.83. The van der Waals surface area contributed by atoms with Crippen LogP contribution in [-0.2, 0) is 20.8 Å². The summed E-state index contributed by atoms with van der Waals surface area (Å²) in [6.45, 7) is -0.168. The number of alkyl carbamates (subject to hydrolysis) is 1. The van der Waals surface area contributed by atoms with E-state index in [4.69, 9.17) is 9.84 Å². The van der Waals surface area contributed by atoms with E-state index in [0.717, 1.165) is 56.0 Å². The highest BCUT2D eigenvalue weighted by Gasteiger charge is 2.49. The first-order valence-corrected chi connectivity index (χ1v) is 14.7. The Balaban J connectivity index is 1.35. The van der Waals surface area contributed by atoms with E-state index < -0.39 is 49.6 Å². The number of carbonyl (C=O) groups is 1. The molecule has 3 saturated carbocycles. The lowest BCUT2D eigenvalue weighted by atomic mass is 9.93. The minimum absolute atomic E-state index is 0.122. The Labute approximate surface area is 223 Å². The van der Waals surface area contributed by atoms with Gasteiger partial charge in [-0.05, 0) is 57.1 Å². The molecule has 0 unspecified atom stereocenters. The van der Waals surface area contributed by atoms with E-state index in [2.05, 4.69) is 5.32 Å². The van der Waals surface area contributed by atoms with Gasteiger partial charge < -0.3 is 15.0 Å². The largest absolute Gasteiger partial charge is 0.425 e. The SMILES string of the molecule is N#CC1(NC(=O)O[C@H]2C[C@@H](S(=O)(=O)c3ccccc3C(F)(F)F)CN2c2cc(C3CC3)nn2C2CCC2)CC1. The molecule has 13 heteroatoms. The van der Waals surface area contributed by atoms with E-state index in [1.165, 1.54) is 6.07 Å². The number of hydrogen-bond acceptors (Lipinski definition) is 7. The monoisotopic (exact) mass is 563 g/mol. The van der Waals surface area contributed by atoms with Gasteiger partial charge in [0.05, 0.1) is 33.5 Å². The number of amides is 1. The number of halogens is 3. The van der Waals surface area contributed by atoms with Gasteiger partial charge >= 0.3 is 12.3 Å². The molecular formula is C26H28F3N5O4S. The van der Waals surface area contributed by atoms with Crippen LogP contribution in [0.15, 0.2) is 35.2 Å². The molecule has 39 heavy (non-hydrogen) atoms. The fourth-order valence-corrected chi connectivity index (χ4v) is 7.20. The maximum absolute atomic E-state index is 13.7. The van der Waals surface area contributed by atoms with Crippen LogP contribution in [0.25, 0.3) is 0 Å². The van der Waals surface area contributed by atoms with Crippen molar-refractivity contribution >= 4 is 21.7 Å². The molecule has 1 amide bonds. The van der Waals surface area contributed by atoms with Gasteiger partial charge in [-0.25, -0.2) is 17.9 Å². The standard InChI is InChI=1S/C26H28F3N5O4S/c27-26(28,29)19-6-1-2-7-21(19)39(36,37)18-12-23(38-24(35)31-25(15-30)10-11-25)33(14-18)22-13-20(16-8-9-16)32-34(22)17-4-3-5-17/h1-2,6-7,13,16-18,23H,3-5,8-12,14H2,(H,31,35)/t18-,23+/m1/s1. The molecule has 0 bridgehead atoms. The topological polar surface area (TPSA) is 117 Å². The molecule has 1 aromatic carbocycles. The molecule has 2 aromatic rings. The van der Waals surface area contributed by atoms with Crippen molar-refractivity contribution in [3.8, 4) is 6.07 Å². The number of anilines is 1. The van der Waals surface area contributed by atoms with Crippen molar-refractivity contribution in [3.05, 3.63) is 41.6 Å². The number of carbonyl (C=O) groups excluding carboxylic acids is 1. The van der Waals surface area contributed by atoms with Crippen molar-refractivity contribution < 1.29 is 31.1 Å². The van der Waals surface area contributed by atoms with Crippen molar-refractivity contribution in [3.63, 3.8) is 0 Å². The molecule has 9 nitrogen and oxygen atoms in total. The van der Waals surface area contributed by atoms with E-state index in [-0.39, 0.29) is 19.0 Å². The fraction of sp³-hybridized carbons (Fsp3) is 0.577. The molecule has 208 valence electrons. The number of hydrogen-bond donors (Lipinski definition) is 1. The first kappa shape index (κ1) is 26.0. The van der Waals surface area contributed by atoms with Crippen LogP contribution < -0.4 is 10.2 Å². The van der Waals surface area contributed by atoms with Crippen LogP contribution in [0.5, 0.6) is 0 Å². The van der Waals surface area contributed by atoms with Gasteiger partial charge in [0.15, 0.2) is 16.1 Å². The zero-order valence-corrected chi connectivity index (χ0v) is 21.8. The van der Waals surface area contributed by atoms with Crippen molar-refractivity contribution in [1.29, 1.82) is 5.26 Å². The lowest BCUT2D eigenvalue weighted by Crippen LogP contribution is -2.42. The van der Waals surface area contributed by atoms with E-state index in [0.29, 0.717) is 24.6 Å². The van der Waals surface area contributed by atoms with Crippen molar-refractivity contribution in [2.24, 2.45) is 0 Å². The molecule has 1 N–H and O–H groups in total. The number of rotatable bonds is 7. The summed E-state index contributed by atoms with van der Waals surface area (Å²) in [5.41, 5.74) is -1.33. The quantitative estimate of drug-likeness (QED) is 0.521. The molecule has 6 rings (SSSR count). The van der Waals surface area contributed by atoms with Crippen LogP contribution in [0.3, 0.4) is 0 Å². The Morgan fingerprint density at radius 3 is 2.49 bits per heavy atom. The first-order valence-electron chi connectivity index (χ1n) is 13.2. The van der Waals surface area contributed by atoms with Crippen LogP contribution >= 0.6 is 0 Å². The van der Waals surface area contributed by atoms with Crippen LogP contribution in [0, 0.1) is 11.3 Å². The lowest BCUT2D eigenvalue weighted by Gasteiger charge is -2.32. The van der Waals surface area contributed by atoms with Crippen molar-refractivity contribution in [1.82, 2.24) is 15.1 Å².